The van der Waals surface area contributed by atoms with Crippen LogP contribution in [0.5, 0.6) is 0 Å². The minimum absolute atomic E-state index is 0.380. The Bertz CT molecular complexity index is 542. The van der Waals surface area contributed by atoms with Gasteiger partial charge in [-0.15, -0.1) is 0 Å². The highest BCUT2D eigenvalue weighted by Gasteiger charge is 2.09. The van der Waals surface area contributed by atoms with E-state index in [1.54, 1.807) is 18.6 Å². The van der Waals surface area contributed by atoms with Crippen molar-refractivity contribution in [2.24, 2.45) is 5.73 Å². The Labute approximate surface area is 111 Å². The molecule has 2 aromatic heterocycles. The first-order chi connectivity index (χ1) is 8.68. The average Bonchev–Trinajstić information content (AvgIpc) is 2.40. The second kappa shape index (κ2) is 5.55. The maximum absolute atomic E-state index is 5.71. The SMILES string of the molecule is CN(Cc1cccnc1)c1cnccc1C(N)=S. The Morgan fingerprint density at radius 1 is 1.28 bits per heavy atom. The average molecular weight is 258 g/mol. The Balaban J connectivity index is 2.24. The van der Waals surface area contributed by atoms with E-state index in [-0.39, 0.29) is 0 Å². The van der Waals surface area contributed by atoms with Crippen LogP contribution >= 0.6 is 12.2 Å². The summed E-state index contributed by atoms with van der Waals surface area (Å²) in [7, 11) is 1.98. The number of nitrogens with zero attached hydrogens (tertiary/aromatic N) is 3. The molecule has 0 radical (unpaired) electrons. The molecule has 2 N–H and O–H groups in total. The van der Waals surface area contributed by atoms with E-state index < -0.39 is 0 Å². The summed E-state index contributed by atoms with van der Waals surface area (Å²) in [6.45, 7) is 0.731. The highest BCUT2D eigenvalue weighted by atomic mass is 32.1. The summed E-state index contributed by atoms with van der Waals surface area (Å²) in [5, 5.41) is 0. The number of anilines is 1. The first kappa shape index (κ1) is 12.4. The van der Waals surface area contributed by atoms with Crippen LogP contribution in [0.4, 0.5) is 5.69 Å². The van der Waals surface area contributed by atoms with Crippen LogP contribution in [-0.2, 0) is 6.54 Å². The maximum Gasteiger partial charge on any atom is 0.106 e. The van der Waals surface area contributed by atoms with Gasteiger partial charge in [-0.3, -0.25) is 9.97 Å². The highest BCUT2D eigenvalue weighted by Crippen LogP contribution is 2.19. The van der Waals surface area contributed by atoms with Gasteiger partial charge in [0.25, 0.3) is 0 Å². The fourth-order valence-corrected chi connectivity index (χ4v) is 1.92. The van der Waals surface area contributed by atoms with Crippen molar-refractivity contribution in [2.45, 2.75) is 6.54 Å². The van der Waals surface area contributed by atoms with Crippen LogP contribution < -0.4 is 10.6 Å². The predicted molar refractivity (Wildman–Crippen MR) is 76.5 cm³/mol. The summed E-state index contributed by atoms with van der Waals surface area (Å²) in [6, 6.07) is 5.78. The summed E-state index contributed by atoms with van der Waals surface area (Å²) in [5.74, 6) is 0. The maximum atomic E-state index is 5.71. The van der Waals surface area contributed by atoms with Crippen molar-refractivity contribution < 1.29 is 0 Å². The predicted octanol–water partition coefficient (Wildman–Crippen LogP) is 1.75. The van der Waals surface area contributed by atoms with Gasteiger partial charge in [0.2, 0.25) is 0 Å². The van der Waals surface area contributed by atoms with E-state index in [1.807, 2.05) is 31.4 Å². The number of aromatic nitrogens is 2. The van der Waals surface area contributed by atoms with Gasteiger partial charge >= 0.3 is 0 Å². The largest absolute Gasteiger partial charge is 0.389 e. The molecule has 0 aliphatic heterocycles. The molecule has 0 spiro atoms. The molecule has 0 unspecified atom stereocenters. The van der Waals surface area contributed by atoms with E-state index in [0.29, 0.717) is 4.99 Å². The molecule has 0 aliphatic rings. The molecule has 2 rings (SSSR count). The van der Waals surface area contributed by atoms with E-state index >= 15 is 0 Å². The van der Waals surface area contributed by atoms with Crippen LogP contribution in [0.15, 0.2) is 43.0 Å². The van der Waals surface area contributed by atoms with Crippen LogP contribution in [0.3, 0.4) is 0 Å². The summed E-state index contributed by atoms with van der Waals surface area (Å²) < 4.78 is 0. The van der Waals surface area contributed by atoms with Crippen LogP contribution in [0.25, 0.3) is 0 Å². The molecule has 2 aromatic rings. The minimum atomic E-state index is 0.380. The van der Waals surface area contributed by atoms with Gasteiger partial charge in [-0.25, -0.2) is 0 Å². The van der Waals surface area contributed by atoms with Crippen molar-refractivity contribution in [3.05, 3.63) is 54.1 Å². The lowest BCUT2D eigenvalue weighted by atomic mass is 10.2. The van der Waals surface area contributed by atoms with Crippen molar-refractivity contribution in [3.8, 4) is 0 Å². The Hall–Kier alpha value is -2.01. The standard InChI is InChI=1S/C13H14N4S/c1-17(9-10-3-2-5-15-7-10)12-8-16-6-4-11(12)13(14)18/h2-8H,9H2,1H3,(H2,14,18). The monoisotopic (exact) mass is 258 g/mol. The van der Waals surface area contributed by atoms with Gasteiger partial charge in [0.1, 0.15) is 4.99 Å². The lowest BCUT2D eigenvalue weighted by Crippen LogP contribution is -2.21. The highest BCUT2D eigenvalue weighted by molar-refractivity contribution is 7.80. The number of thiocarbonyl (C=S) groups is 1. The fraction of sp³-hybridized carbons (Fsp3) is 0.154. The molecular weight excluding hydrogens is 244 g/mol. The van der Waals surface area contributed by atoms with Crippen LogP contribution in [0.1, 0.15) is 11.1 Å². The second-order valence-electron chi connectivity index (χ2n) is 3.97. The van der Waals surface area contributed by atoms with Crippen molar-refractivity contribution in [3.63, 3.8) is 0 Å². The van der Waals surface area contributed by atoms with Gasteiger partial charge in [-0.2, -0.15) is 0 Å². The molecule has 0 saturated carbocycles. The number of hydrogen-bond acceptors (Lipinski definition) is 4. The van der Waals surface area contributed by atoms with E-state index in [2.05, 4.69) is 14.9 Å². The lowest BCUT2D eigenvalue weighted by molar-refractivity contribution is 0.909. The zero-order valence-electron chi connectivity index (χ0n) is 10.1. The molecule has 92 valence electrons. The second-order valence-corrected chi connectivity index (χ2v) is 4.41. The third-order valence-electron chi connectivity index (χ3n) is 2.62. The van der Waals surface area contributed by atoms with Gasteiger partial charge < -0.3 is 10.6 Å². The van der Waals surface area contributed by atoms with Gasteiger partial charge in [-0.05, 0) is 17.7 Å². The van der Waals surface area contributed by atoms with Crippen molar-refractivity contribution in [1.29, 1.82) is 0 Å². The first-order valence-electron chi connectivity index (χ1n) is 5.52. The van der Waals surface area contributed by atoms with Crippen LogP contribution in [0.2, 0.25) is 0 Å². The van der Waals surface area contributed by atoms with E-state index in [1.165, 1.54) is 0 Å². The number of rotatable bonds is 4. The summed E-state index contributed by atoms with van der Waals surface area (Å²) in [6.07, 6.45) is 7.06. The topological polar surface area (TPSA) is 55.0 Å². The molecule has 0 atom stereocenters. The number of nitrogens with two attached hydrogens (primary N) is 1. The molecule has 0 amide bonds. The van der Waals surface area contributed by atoms with Crippen molar-refractivity contribution >= 4 is 22.9 Å². The van der Waals surface area contributed by atoms with E-state index in [4.69, 9.17) is 18.0 Å². The zero-order valence-corrected chi connectivity index (χ0v) is 10.9. The fourth-order valence-electron chi connectivity index (χ4n) is 1.75. The lowest BCUT2D eigenvalue weighted by Gasteiger charge is -2.21. The molecular formula is C13H14N4S. The molecule has 0 fully saturated rings. The van der Waals surface area contributed by atoms with Gasteiger partial charge in [0.15, 0.2) is 0 Å². The molecule has 0 aromatic carbocycles. The van der Waals surface area contributed by atoms with Gasteiger partial charge in [0.05, 0.1) is 11.9 Å². The zero-order chi connectivity index (χ0) is 13.0. The van der Waals surface area contributed by atoms with Gasteiger partial charge in [0, 0.05) is 37.7 Å². The molecule has 4 nitrogen and oxygen atoms in total. The Morgan fingerprint density at radius 3 is 2.72 bits per heavy atom. The van der Waals surface area contributed by atoms with Crippen molar-refractivity contribution in [2.75, 3.05) is 11.9 Å². The molecule has 0 aliphatic carbocycles. The first-order valence-corrected chi connectivity index (χ1v) is 5.93. The third kappa shape index (κ3) is 2.81. The molecule has 5 heteroatoms. The quantitative estimate of drug-likeness (QED) is 0.847. The Morgan fingerprint density at radius 2 is 2.06 bits per heavy atom. The van der Waals surface area contributed by atoms with Crippen LogP contribution in [0, 0.1) is 0 Å². The smallest absolute Gasteiger partial charge is 0.106 e. The molecule has 2 heterocycles. The molecule has 0 saturated heterocycles. The third-order valence-corrected chi connectivity index (χ3v) is 2.84. The summed E-state index contributed by atoms with van der Waals surface area (Å²) in [5.41, 5.74) is 8.60. The van der Waals surface area contributed by atoms with E-state index in [9.17, 15) is 0 Å². The van der Waals surface area contributed by atoms with Crippen molar-refractivity contribution in [1.82, 2.24) is 9.97 Å². The minimum Gasteiger partial charge on any atom is -0.389 e. The number of hydrogen-bond donors (Lipinski definition) is 1. The number of pyridine rings is 2. The Kier molecular flexibility index (Phi) is 3.84. The van der Waals surface area contributed by atoms with Gasteiger partial charge in [-0.1, -0.05) is 18.3 Å². The normalized spacial score (nSPS) is 10.1. The van der Waals surface area contributed by atoms with Crippen LogP contribution in [-0.4, -0.2) is 22.0 Å². The molecule has 0 bridgehead atoms. The summed E-state index contributed by atoms with van der Waals surface area (Å²) in [4.78, 5) is 10.6. The molecule has 18 heavy (non-hydrogen) atoms. The summed E-state index contributed by atoms with van der Waals surface area (Å²) >= 11 is 5.04. The van der Waals surface area contributed by atoms with E-state index in [0.717, 1.165) is 23.4 Å².